The first-order valence-corrected chi connectivity index (χ1v) is 7.18. The number of esters is 1. The van der Waals surface area contributed by atoms with Gasteiger partial charge in [0, 0.05) is 30.4 Å². The molecular weight excluding hydrogens is 264 g/mol. The highest BCUT2D eigenvalue weighted by atomic mass is 16.5. The van der Waals surface area contributed by atoms with Gasteiger partial charge >= 0.3 is 5.97 Å². The molecule has 1 aromatic carbocycles. The number of ether oxygens (including phenoxy) is 1. The van der Waals surface area contributed by atoms with Crippen LogP contribution in [0, 0.1) is 0 Å². The SMILES string of the molecule is CCOC(=O)CCc1cnc2c(c1)c1ccccc1n2C. The van der Waals surface area contributed by atoms with Gasteiger partial charge in [0.1, 0.15) is 5.65 Å². The smallest absolute Gasteiger partial charge is 0.306 e. The van der Waals surface area contributed by atoms with Gasteiger partial charge in [0.05, 0.1) is 12.1 Å². The molecule has 0 N–H and O–H groups in total. The second kappa shape index (κ2) is 5.56. The fourth-order valence-corrected chi connectivity index (χ4v) is 2.69. The third-order valence-corrected chi connectivity index (χ3v) is 3.72. The number of carbonyl (C=O) groups is 1. The Morgan fingerprint density at radius 1 is 1.29 bits per heavy atom. The Balaban J connectivity index is 1.96. The largest absolute Gasteiger partial charge is 0.466 e. The highest BCUT2D eigenvalue weighted by molar-refractivity contribution is 6.06. The number of hydrogen-bond donors (Lipinski definition) is 0. The molecule has 21 heavy (non-hydrogen) atoms. The molecule has 4 heteroatoms. The summed E-state index contributed by atoms with van der Waals surface area (Å²) in [7, 11) is 2.02. The van der Waals surface area contributed by atoms with E-state index in [0.29, 0.717) is 19.4 Å². The Morgan fingerprint density at radius 2 is 2.10 bits per heavy atom. The highest BCUT2D eigenvalue weighted by Gasteiger charge is 2.10. The molecule has 0 fully saturated rings. The van der Waals surface area contributed by atoms with Crippen molar-refractivity contribution in [1.29, 1.82) is 0 Å². The van der Waals surface area contributed by atoms with Gasteiger partial charge in [0.25, 0.3) is 0 Å². The van der Waals surface area contributed by atoms with Crippen LogP contribution in [0.1, 0.15) is 18.9 Å². The number of para-hydroxylation sites is 1. The number of nitrogens with zero attached hydrogens (tertiary/aromatic N) is 2. The average Bonchev–Trinajstić information content (AvgIpc) is 2.79. The highest BCUT2D eigenvalue weighted by Crippen LogP contribution is 2.27. The van der Waals surface area contributed by atoms with E-state index in [-0.39, 0.29) is 5.97 Å². The summed E-state index contributed by atoms with van der Waals surface area (Å²) >= 11 is 0. The van der Waals surface area contributed by atoms with E-state index in [1.54, 1.807) is 0 Å². The maximum atomic E-state index is 11.4. The summed E-state index contributed by atoms with van der Waals surface area (Å²) in [6.45, 7) is 2.25. The monoisotopic (exact) mass is 282 g/mol. The van der Waals surface area contributed by atoms with Gasteiger partial charge in [-0.2, -0.15) is 0 Å². The van der Waals surface area contributed by atoms with Crippen molar-refractivity contribution in [2.24, 2.45) is 7.05 Å². The number of carbonyl (C=O) groups excluding carboxylic acids is 1. The van der Waals surface area contributed by atoms with Crippen molar-refractivity contribution >= 4 is 27.9 Å². The summed E-state index contributed by atoms with van der Waals surface area (Å²) in [5.41, 5.74) is 3.20. The lowest BCUT2D eigenvalue weighted by atomic mass is 10.1. The summed E-state index contributed by atoms with van der Waals surface area (Å²) in [6.07, 6.45) is 2.90. The number of pyridine rings is 1. The molecule has 3 aromatic rings. The second-order valence-corrected chi connectivity index (χ2v) is 5.10. The lowest BCUT2D eigenvalue weighted by Gasteiger charge is -2.03. The molecule has 3 rings (SSSR count). The van der Waals surface area contributed by atoms with Gasteiger partial charge < -0.3 is 9.30 Å². The molecule has 0 aliphatic rings. The molecule has 0 spiro atoms. The minimum atomic E-state index is -0.157. The van der Waals surface area contributed by atoms with Crippen molar-refractivity contribution in [2.45, 2.75) is 19.8 Å². The Kier molecular flexibility index (Phi) is 3.60. The van der Waals surface area contributed by atoms with Crippen molar-refractivity contribution in [3.05, 3.63) is 42.1 Å². The fourth-order valence-electron chi connectivity index (χ4n) is 2.69. The van der Waals surface area contributed by atoms with Crippen molar-refractivity contribution < 1.29 is 9.53 Å². The molecule has 0 saturated carbocycles. The van der Waals surface area contributed by atoms with Crippen LogP contribution < -0.4 is 0 Å². The normalized spacial score (nSPS) is 11.1. The van der Waals surface area contributed by atoms with E-state index in [2.05, 4.69) is 27.8 Å². The zero-order chi connectivity index (χ0) is 14.8. The van der Waals surface area contributed by atoms with Gasteiger partial charge in [-0.1, -0.05) is 18.2 Å². The standard InChI is InChI=1S/C17H18N2O2/c1-3-21-16(20)9-8-12-10-14-13-6-4-5-7-15(13)19(2)17(14)18-11-12/h4-7,10-11H,3,8-9H2,1-2H3. The molecule has 2 heterocycles. The lowest BCUT2D eigenvalue weighted by Crippen LogP contribution is -2.05. The molecule has 0 aliphatic carbocycles. The molecule has 0 aliphatic heterocycles. The molecule has 2 aromatic heterocycles. The van der Waals surface area contributed by atoms with Crippen LogP contribution >= 0.6 is 0 Å². The fraction of sp³-hybridized carbons (Fsp3) is 0.294. The predicted octanol–water partition coefficient (Wildman–Crippen LogP) is 3.22. The number of aryl methyl sites for hydroxylation is 2. The summed E-state index contributed by atoms with van der Waals surface area (Å²) in [5, 5.41) is 2.33. The number of rotatable bonds is 4. The van der Waals surface area contributed by atoms with Crippen LogP contribution in [0.3, 0.4) is 0 Å². The van der Waals surface area contributed by atoms with Crippen molar-refractivity contribution in [3.63, 3.8) is 0 Å². The van der Waals surface area contributed by atoms with Gasteiger partial charge in [-0.3, -0.25) is 4.79 Å². The van der Waals surface area contributed by atoms with E-state index in [1.807, 2.05) is 32.3 Å². The quantitative estimate of drug-likeness (QED) is 0.690. The molecule has 108 valence electrons. The van der Waals surface area contributed by atoms with Gasteiger partial charge in [-0.15, -0.1) is 0 Å². The summed E-state index contributed by atoms with van der Waals surface area (Å²) in [6, 6.07) is 10.4. The molecule has 0 atom stereocenters. The van der Waals surface area contributed by atoms with E-state index >= 15 is 0 Å². The average molecular weight is 282 g/mol. The van der Waals surface area contributed by atoms with E-state index in [9.17, 15) is 4.79 Å². The van der Waals surface area contributed by atoms with E-state index in [0.717, 1.165) is 16.6 Å². The van der Waals surface area contributed by atoms with E-state index in [1.165, 1.54) is 10.9 Å². The lowest BCUT2D eigenvalue weighted by molar-refractivity contribution is -0.143. The minimum Gasteiger partial charge on any atom is -0.466 e. The Labute approximate surface area is 123 Å². The molecule has 4 nitrogen and oxygen atoms in total. The Morgan fingerprint density at radius 3 is 2.90 bits per heavy atom. The molecule has 0 radical (unpaired) electrons. The summed E-state index contributed by atoms with van der Waals surface area (Å²) in [4.78, 5) is 16.0. The predicted molar refractivity (Wildman–Crippen MR) is 83.2 cm³/mol. The molecule has 0 bridgehead atoms. The topological polar surface area (TPSA) is 44.1 Å². The number of aromatic nitrogens is 2. The van der Waals surface area contributed by atoms with E-state index in [4.69, 9.17) is 4.74 Å². The first-order valence-electron chi connectivity index (χ1n) is 7.18. The molecular formula is C17H18N2O2. The first-order chi connectivity index (χ1) is 10.2. The van der Waals surface area contributed by atoms with Crippen LogP contribution in [0.2, 0.25) is 0 Å². The van der Waals surface area contributed by atoms with Gasteiger partial charge in [0.15, 0.2) is 0 Å². The second-order valence-electron chi connectivity index (χ2n) is 5.10. The maximum absolute atomic E-state index is 11.4. The maximum Gasteiger partial charge on any atom is 0.306 e. The van der Waals surface area contributed by atoms with Gasteiger partial charge in [-0.05, 0) is 31.0 Å². The van der Waals surface area contributed by atoms with Crippen LogP contribution in [0.25, 0.3) is 21.9 Å². The molecule has 0 saturated heterocycles. The van der Waals surface area contributed by atoms with Crippen LogP contribution in [0.5, 0.6) is 0 Å². The summed E-state index contributed by atoms with van der Waals surface area (Å²) in [5.74, 6) is -0.157. The van der Waals surface area contributed by atoms with Crippen molar-refractivity contribution in [2.75, 3.05) is 6.61 Å². The van der Waals surface area contributed by atoms with Crippen molar-refractivity contribution in [1.82, 2.24) is 9.55 Å². The van der Waals surface area contributed by atoms with Crippen molar-refractivity contribution in [3.8, 4) is 0 Å². The van der Waals surface area contributed by atoms with Crippen LogP contribution in [0.15, 0.2) is 36.5 Å². The molecule has 0 amide bonds. The van der Waals surface area contributed by atoms with Crippen LogP contribution in [-0.4, -0.2) is 22.1 Å². The first kappa shape index (κ1) is 13.6. The van der Waals surface area contributed by atoms with Gasteiger partial charge in [-0.25, -0.2) is 4.98 Å². The Bertz CT molecular complexity index is 805. The number of fused-ring (bicyclic) bond motifs is 3. The van der Waals surface area contributed by atoms with Crippen LogP contribution in [0.4, 0.5) is 0 Å². The third-order valence-electron chi connectivity index (χ3n) is 3.72. The van der Waals surface area contributed by atoms with Crippen LogP contribution in [-0.2, 0) is 23.0 Å². The zero-order valence-corrected chi connectivity index (χ0v) is 12.3. The minimum absolute atomic E-state index is 0.157. The number of benzene rings is 1. The summed E-state index contributed by atoms with van der Waals surface area (Å²) < 4.78 is 7.06. The third kappa shape index (κ3) is 2.49. The molecule has 0 unspecified atom stereocenters. The van der Waals surface area contributed by atoms with Gasteiger partial charge in [0.2, 0.25) is 0 Å². The Hall–Kier alpha value is -2.36. The number of hydrogen-bond acceptors (Lipinski definition) is 3. The zero-order valence-electron chi connectivity index (χ0n) is 12.3. The van der Waals surface area contributed by atoms with E-state index < -0.39 is 0 Å².